The first-order valence-corrected chi connectivity index (χ1v) is 6.93. The smallest absolute Gasteiger partial charge is 0.0849 e. The summed E-state index contributed by atoms with van der Waals surface area (Å²) in [5.74, 6) is 0. The molecule has 17 heavy (non-hydrogen) atoms. The van der Waals surface area contributed by atoms with Crippen LogP contribution in [0.2, 0.25) is 5.02 Å². The van der Waals surface area contributed by atoms with E-state index in [4.69, 9.17) is 17.3 Å². The number of aromatic nitrogens is 2. The van der Waals surface area contributed by atoms with Crippen LogP contribution in [-0.2, 0) is 19.9 Å². The van der Waals surface area contributed by atoms with Gasteiger partial charge in [-0.15, -0.1) is 0 Å². The van der Waals surface area contributed by atoms with Crippen LogP contribution in [0.15, 0.2) is 0 Å². The molecule has 3 nitrogen and oxygen atoms in total. The largest absolute Gasteiger partial charge is 0.328 e. The Hall–Kier alpha value is -0.540. The van der Waals surface area contributed by atoms with Gasteiger partial charge in [0.05, 0.1) is 16.4 Å². The molecule has 0 spiro atoms. The number of nitrogens with two attached hydrogens (primary N) is 1. The highest BCUT2D eigenvalue weighted by atomic mass is 35.5. The molecule has 1 rings (SSSR count). The molecular formula is C13H24ClN3. The van der Waals surface area contributed by atoms with Crippen LogP contribution in [0.4, 0.5) is 0 Å². The van der Waals surface area contributed by atoms with Gasteiger partial charge < -0.3 is 5.73 Å². The zero-order chi connectivity index (χ0) is 12.8. The fourth-order valence-electron chi connectivity index (χ4n) is 2.14. The fourth-order valence-corrected chi connectivity index (χ4v) is 2.53. The number of halogens is 1. The van der Waals surface area contributed by atoms with Gasteiger partial charge in [-0.1, -0.05) is 31.9 Å². The molecule has 0 bridgehead atoms. The van der Waals surface area contributed by atoms with Crippen molar-refractivity contribution in [3.05, 3.63) is 16.4 Å². The molecule has 0 aliphatic heterocycles. The summed E-state index contributed by atoms with van der Waals surface area (Å²) >= 11 is 6.29. The summed E-state index contributed by atoms with van der Waals surface area (Å²) in [6, 6.07) is 0.331. The van der Waals surface area contributed by atoms with Gasteiger partial charge >= 0.3 is 0 Å². The van der Waals surface area contributed by atoms with Gasteiger partial charge in [0.1, 0.15) is 0 Å². The van der Waals surface area contributed by atoms with E-state index in [-0.39, 0.29) is 0 Å². The molecular weight excluding hydrogens is 234 g/mol. The molecule has 98 valence electrons. The number of nitrogens with zero attached hydrogens (tertiary/aromatic N) is 2. The summed E-state index contributed by atoms with van der Waals surface area (Å²) in [5, 5.41) is 5.26. The Morgan fingerprint density at radius 3 is 2.59 bits per heavy atom. The minimum Gasteiger partial charge on any atom is -0.328 e. The first kappa shape index (κ1) is 14.5. The Bertz CT molecular complexity index is 347. The molecule has 1 aromatic heterocycles. The van der Waals surface area contributed by atoms with E-state index in [9.17, 15) is 0 Å². The normalized spacial score (nSPS) is 13.0. The lowest BCUT2D eigenvalue weighted by Crippen LogP contribution is -2.19. The van der Waals surface area contributed by atoms with E-state index in [1.54, 1.807) is 0 Å². The van der Waals surface area contributed by atoms with E-state index in [1.807, 2.05) is 11.7 Å². The maximum absolute atomic E-state index is 6.29. The second kappa shape index (κ2) is 7.02. The predicted octanol–water partition coefficient (Wildman–Crippen LogP) is 3.09. The second-order valence-corrected chi connectivity index (χ2v) is 5.00. The average molecular weight is 258 g/mol. The third kappa shape index (κ3) is 4.00. The molecule has 0 fully saturated rings. The Kier molecular flexibility index (Phi) is 6.00. The molecule has 0 aromatic carbocycles. The molecule has 4 heteroatoms. The zero-order valence-corrected chi connectivity index (χ0v) is 11.9. The second-order valence-electron chi connectivity index (χ2n) is 4.63. The van der Waals surface area contributed by atoms with Crippen LogP contribution in [0.25, 0.3) is 0 Å². The molecule has 0 amide bonds. The lowest BCUT2D eigenvalue weighted by Gasteiger charge is -2.09. The Morgan fingerprint density at radius 1 is 1.35 bits per heavy atom. The predicted molar refractivity (Wildman–Crippen MR) is 73.4 cm³/mol. The van der Waals surface area contributed by atoms with Gasteiger partial charge in [-0.3, -0.25) is 4.68 Å². The van der Waals surface area contributed by atoms with E-state index in [0.29, 0.717) is 6.04 Å². The SMILES string of the molecule is CCCC(N)CCCc1c(Cl)c(CC)nn1C. The van der Waals surface area contributed by atoms with Crippen LogP contribution in [0.5, 0.6) is 0 Å². The summed E-state index contributed by atoms with van der Waals surface area (Å²) in [6.45, 7) is 4.25. The van der Waals surface area contributed by atoms with Crippen LogP contribution in [0.3, 0.4) is 0 Å². The standard InChI is InChI=1S/C13H24ClN3/c1-4-7-10(15)8-6-9-12-13(14)11(5-2)16-17(12)3/h10H,4-9,15H2,1-3H3. The summed E-state index contributed by atoms with van der Waals surface area (Å²) < 4.78 is 1.91. The maximum atomic E-state index is 6.29. The first-order valence-electron chi connectivity index (χ1n) is 6.55. The van der Waals surface area contributed by atoms with Gasteiger partial charge in [0.2, 0.25) is 0 Å². The van der Waals surface area contributed by atoms with E-state index in [2.05, 4.69) is 18.9 Å². The molecule has 0 aliphatic rings. The van der Waals surface area contributed by atoms with Crippen molar-refractivity contribution in [2.24, 2.45) is 12.8 Å². The number of rotatable bonds is 7. The lowest BCUT2D eigenvalue weighted by molar-refractivity contribution is 0.532. The average Bonchev–Trinajstić information content (AvgIpc) is 2.56. The highest BCUT2D eigenvalue weighted by Crippen LogP contribution is 2.22. The summed E-state index contributed by atoms with van der Waals surface area (Å²) in [7, 11) is 1.96. The summed E-state index contributed by atoms with van der Waals surface area (Å²) in [5.41, 5.74) is 8.15. The number of aryl methyl sites for hydroxylation is 2. The topological polar surface area (TPSA) is 43.8 Å². The minimum atomic E-state index is 0.331. The highest BCUT2D eigenvalue weighted by molar-refractivity contribution is 6.31. The summed E-state index contributed by atoms with van der Waals surface area (Å²) in [4.78, 5) is 0. The monoisotopic (exact) mass is 257 g/mol. The fraction of sp³-hybridized carbons (Fsp3) is 0.769. The van der Waals surface area contributed by atoms with Crippen LogP contribution >= 0.6 is 11.6 Å². The van der Waals surface area contributed by atoms with Crippen molar-refractivity contribution in [2.45, 2.75) is 58.4 Å². The van der Waals surface area contributed by atoms with E-state index < -0.39 is 0 Å². The Morgan fingerprint density at radius 2 is 2.06 bits per heavy atom. The molecule has 2 N–H and O–H groups in total. The molecule has 1 unspecified atom stereocenters. The van der Waals surface area contributed by atoms with E-state index >= 15 is 0 Å². The van der Waals surface area contributed by atoms with Gasteiger partial charge in [0.25, 0.3) is 0 Å². The number of hydrogen-bond donors (Lipinski definition) is 1. The van der Waals surface area contributed by atoms with E-state index in [1.165, 1.54) is 0 Å². The maximum Gasteiger partial charge on any atom is 0.0849 e. The van der Waals surface area contributed by atoms with Gasteiger partial charge in [0, 0.05) is 13.1 Å². The van der Waals surface area contributed by atoms with Gasteiger partial charge in [-0.25, -0.2) is 0 Å². The molecule has 0 radical (unpaired) electrons. The van der Waals surface area contributed by atoms with Crippen LogP contribution in [0, 0.1) is 0 Å². The number of hydrogen-bond acceptors (Lipinski definition) is 2. The van der Waals surface area contributed by atoms with Crippen molar-refractivity contribution >= 4 is 11.6 Å². The van der Waals surface area contributed by atoms with Crippen molar-refractivity contribution in [1.82, 2.24) is 9.78 Å². The third-order valence-corrected chi connectivity index (χ3v) is 3.59. The van der Waals surface area contributed by atoms with Gasteiger partial charge in [0.15, 0.2) is 0 Å². The van der Waals surface area contributed by atoms with Crippen LogP contribution in [0.1, 0.15) is 50.9 Å². The van der Waals surface area contributed by atoms with Crippen LogP contribution < -0.4 is 5.73 Å². The molecule has 1 heterocycles. The van der Waals surface area contributed by atoms with Crippen molar-refractivity contribution in [3.63, 3.8) is 0 Å². The minimum absolute atomic E-state index is 0.331. The van der Waals surface area contributed by atoms with Crippen LogP contribution in [-0.4, -0.2) is 15.8 Å². The Balaban J connectivity index is 2.49. The van der Waals surface area contributed by atoms with Crippen molar-refractivity contribution in [3.8, 4) is 0 Å². The Labute approximate surface area is 109 Å². The summed E-state index contributed by atoms with van der Waals surface area (Å²) in [6.07, 6.45) is 6.29. The highest BCUT2D eigenvalue weighted by Gasteiger charge is 2.12. The molecule has 0 saturated heterocycles. The molecule has 1 atom stereocenters. The zero-order valence-electron chi connectivity index (χ0n) is 11.2. The van der Waals surface area contributed by atoms with Crippen molar-refractivity contribution < 1.29 is 0 Å². The van der Waals surface area contributed by atoms with E-state index in [0.717, 1.165) is 54.9 Å². The van der Waals surface area contributed by atoms with Gasteiger partial charge in [-0.05, 0) is 32.1 Å². The van der Waals surface area contributed by atoms with Gasteiger partial charge in [-0.2, -0.15) is 5.10 Å². The van der Waals surface area contributed by atoms with Crippen molar-refractivity contribution in [1.29, 1.82) is 0 Å². The lowest BCUT2D eigenvalue weighted by atomic mass is 10.0. The molecule has 0 aliphatic carbocycles. The quantitative estimate of drug-likeness (QED) is 0.816. The first-order chi connectivity index (χ1) is 8.10. The molecule has 0 saturated carbocycles. The third-order valence-electron chi connectivity index (χ3n) is 3.15. The molecule has 1 aromatic rings. The van der Waals surface area contributed by atoms with Crippen molar-refractivity contribution in [2.75, 3.05) is 0 Å².